The Morgan fingerprint density at radius 3 is 2.08 bits per heavy atom. The van der Waals surface area contributed by atoms with Gasteiger partial charge in [0.25, 0.3) is 0 Å². The topological polar surface area (TPSA) is 69.7 Å². The molecular weight excluding hydrogens is 474 g/mol. The van der Waals surface area contributed by atoms with Crippen molar-refractivity contribution >= 4 is 29.0 Å². The molecule has 0 atom stereocenters. The number of benzene rings is 1. The number of Topliss-reactive ketones (excluding diaryl/α,β-unsaturated/α-hetero) is 1. The first-order valence-electron chi connectivity index (χ1n) is 12.5. The fourth-order valence-corrected chi connectivity index (χ4v) is 5.89. The first-order chi connectivity index (χ1) is 16.6. The van der Waals surface area contributed by atoms with Crippen LogP contribution in [0.2, 0.25) is 0 Å². The van der Waals surface area contributed by atoms with Crippen LogP contribution in [0.3, 0.4) is 0 Å². The summed E-state index contributed by atoms with van der Waals surface area (Å²) in [5.74, 6) is 0.250. The van der Waals surface area contributed by atoms with Gasteiger partial charge in [0.05, 0.1) is 21.2 Å². The second kappa shape index (κ2) is 11.3. The number of hydrogen-bond acceptors (Lipinski definition) is 6. The van der Waals surface area contributed by atoms with Gasteiger partial charge in [0.1, 0.15) is 17.2 Å². The minimum atomic E-state index is -0.441. The molecular formula is C29H42NO5S+. The Labute approximate surface area is 220 Å². The number of rotatable bonds is 10. The van der Waals surface area contributed by atoms with Crippen LogP contribution in [-0.2, 0) is 19.7 Å². The second-order valence-electron chi connectivity index (χ2n) is 11.1. The van der Waals surface area contributed by atoms with Crippen LogP contribution in [0.5, 0.6) is 5.75 Å². The highest BCUT2D eigenvalue weighted by molar-refractivity contribution is 7.14. The van der Waals surface area contributed by atoms with Crippen LogP contribution in [0.25, 0.3) is 0 Å². The van der Waals surface area contributed by atoms with E-state index in [0.717, 1.165) is 34.4 Å². The summed E-state index contributed by atoms with van der Waals surface area (Å²) in [6, 6.07) is 8.27. The minimum absolute atomic E-state index is 0.0208. The zero-order valence-corrected chi connectivity index (χ0v) is 24.4. The SMILES string of the molecule is CCC(CC)(c1ccc(OCC(=O)C(C)(C)C)c(C)c1)c1cc(C)c(C(=O)[N+](C)(C)CC(=O)OC)s1. The number of likely N-dealkylation sites (N-methyl/N-ethyl adjacent to an activating group) is 1. The number of amides is 1. The quantitative estimate of drug-likeness (QED) is 0.292. The molecule has 36 heavy (non-hydrogen) atoms. The molecule has 198 valence electrons. The third kappa shape index (κ3) is 6.24. The van der Waals surface area contributed by atoms with Crippen molar-refractivity contribution in [2.45, 2.75) is 66.7 Å². The monoisotopic (exact) mass is 516 g/mol. The van der Waals surface area contributed by atoms with Gasteiger partial charge < -0.3 is 9.47 Å². The van der Waals surface area contributed by atoms with E-state index in [1.165, 1.54) is 18.4 Å². The van der Waals surface area contributed by atoms with E-state index in [4.69, 9.17) is 9.47 Å². The predicted molar refractivity (Wildman–Crippen MR) is 145 cm³/mol. The third-order valence-corrected chi connectivity index (χ3v) is 8.44. The van der Waals surface area contributed by atoms with Crippen molar-refractivity contribution in [3.63, 3.8) is 0 Å². The zero-order chi connectivity index (χ0) is 27.5. The molecule has 2 aromatic rings. The number of hydrogen-bond donors (Lipinski definition) is 0. The van der Waals surface area contributed by atoms with Crippen LogP contribution >= 0.6 is 11.3 Å². The summed E-state index contributed by atoms with van der Waals surface area (Å²) in [4.78, 5) is 39.4. The van der Waals surface area contributed by atoms with Gasteiger partial charge in [-0.25, -0.2) is 9.59 Å². The first kappa shape index (κ1) is 29.7. The molecule has 1 aromatic carbocycles. The number of methoxy groups -OCH3 is 1. The van der Waals surface area contributed by atoms with Gasteiger partial charge in [-0.15, -0.1) is 11.3 Å². The maximum absolute atomic E-state index is 13.4. The van der Waals surface area contributed by atoms with Crippen LogP contribution in [0.4, 0.5) is 0 Å². The Kier molecular flexibility index (Phi) is 9.30. The number of carbonyl (C=O) groups is 3. The van der Waals surface area contributed by atoms with Crippen molar-refractivity contribution in [3.8, 4) is 5.75 Å². The highest BCUT2D eigenvalue weighted by Gasteiger charge is 2.38. The van der Waals surface area contributed by atoms with Crippen LogP contribution < -0.4 is 4.74 Å². The van der Waals surface area contributed by atoms with Crippen molar-refractivity contribution < 1.29 is 28.3 Å². The molecule has 0 saturated heterocycles. The van der Waals surface area contributed by atoms with Crippen molar-refractivity contribution in [1.82, 2.24) is 0 Å². The lowest BCUT2D eigenvalue weighted by Crippen LogP contribution is -2.49. The number of thiophene rings is 1. The molecule has 2 rings (SSSR count). The van der Waals surface area contributed by atoms with E-state index >= 15 is 0 Å². The van der Waals surface area contributed by atoms with Crippen molar-refractivity contribution in [2.75, 3.05) is 34.4 Å². The summed E-state index contributed by atoms with van der Waals surface area (Å²) in [6.45, 7) is 14.0. The molecule has 0 aliphatic heterocycles. The highest BCUT2D eigenvalue weighted by atomic mass is 32.1. The van der Waals surface area contributed by atoms with E-state index in [1.807, 2.05) is 40.7 Å². The number of carbonyl (C=O) groups excluding carboxylic acids is 3. The Morgan fingerprint density at radius 1 is 0.972 bits per heavy atom. The van der Waals surface area contributed by atoms with E-state index in [2.05, 4.69) is 32.0 Å². The third-order valence-electron chi connectivity index (χ3n) is 7.02. The summed E-state index contributed by atoms with van der Waals surface area (Å²) in [6.07, 6.45) is 1.72. The average Bonchev–Trinajstić information content (AvgIpc) is 3.19. The van der Waals surface area contributed by atoms with Crippen LogP contribution in [0.1, 0.15) is 78.7 Å². The second-order valence-corrected chi connectivity index (χ2v) is 12.1. The summed E-state index contributed by atoms with van der Waals surface area (Å²) in [7, 11) is 4.80. The molecule has 0 fully saturated rings. The molecule has 0 radical (unpaired) electrons. The van der Waals surface area contributed by atoms with Gasteiger partial charge in [-0.2, -0.15) is 0 Å². The summed E-state index contributed by atoms with van der Waals surface area (Å²) >= 11 is 1.51. The molecule has 7 heteroatoms. The maximum atomic E-state index is 13.4. The van der Waals surface area contributed by atoms with Gasteiger partial charge in [-0.1, -0.05) is 46.8 Å². The Morgan fingerprint density at radius 2 is 1.58 bits per heavy atom. The molecule has 0 bridgehead atoms. The number of ketones is 1. The summed E-state index contributed by atoms with van der Waals surface area (Å²) in [5.41, 5.74) is 2.34. The number of nitrogens with zero attached hydrogens (tertiary/aromatic N) is 1. The number of esters is 1. The van der Waals surface area contributed by atoms with E-state index in [-0.39, 0.29) is 34.7 Å². The van der Waals surface area contributed by atoms with Crippen molar-refractivity contribution in [3.05, 3.63) is 50.7 Å². The van der Waals surface area contributed by atoms with E-state index < -0.39 is 11.4 Å². The fraction of sp³-hybridized carbons (Fsp3) is 0.552. The van der Waals surface area contributed by atoms with Crippen molar-refractivity contribution in [2.24, 2.45) is 5.41 Å². The molecule has 0 saturated carbocycles. The van der Waals surface area contributed by atoms with Gasteiger partial charge in [0.2, 0.25) is 0 Å². The molecule has 0 spiro atoms. The Hall–Kier alpha value is -2.51. The molecule has 6 nitrogen and oxygen atoms in total. The van der Waals surface area contributed by atoms with Gasteiger partial charge >= 0.3 is 11.9 Å². The molecule has 1 aromatic heterocycles. The largest absolute Gasteiger partial charge is 0.486 e. The number of aryl methyl sites for hydroxylation is 2. The summed E-state index contributed by atoms with van der Waals surface area (Å²) in [5, 5.41) is 0. The molecule has 0 aliphatic carbocycles. The summed E-state index contributed by atoms with van der Waals surface area (Å²) < 4.78 is 10.6. The van der Waals surface area contributed by atoms with Gasteiger partial charge in [-0.3, -0.25) is 9.28 Å². The van der Waals surface area contributed by atoms with Crippen LogP contribution in [0, 0.1) is 19.3 Å². The van der Waals surface area contributed by atoms with Crippen LogP contribution in [0.15, 0.2) is 24.3 Å². The minimum Gasteiger partial charge on any atom is -0.486 e. The molecule has 0 N–H and O–H groups in total. The van der Waals surface area contributed by atoms with E-state index in [1.54, 1.807) is 14.1 Å². The van der Waals surface area contributed by atoms with Gasteiger partial charge in [0, 0.05) is 15.7 Å². The maximum Gasteiger partial charge on any atom is 0.362 e. The van der Waals surface area contributed by atoms with Crippen LogP contribution in [-0.4, -0.2) is 56.5 Å². The highest BCUT2D eigenvalue weighted by Crippen LogP contribution is 2.44. The normalized spacial score (nSPS) is 12.4. The van der Waals surface area contributed by atoms with Crippen molar-refractivity contribution in [1.29, 1.82) is 0 Å². The Bertz CT molecular complexity index is 1120. The van der Waals surface area contributed by atoms with Gasteiger partial charge in [-0.05, 0) is 55.5 Å². The number of quaternary nitrogens is 1. The molecule has 1 heterocycles. The molecule has 0 unspecified atom stereocenters. The predicted octanol–water partition coefficient (Wildman–Crippen LogP) is 5.85. The number of ether oxygens (including phenoxy) is 2. The standard InChI is InChI=1S/C29H42NO5S/c1-11-29(12-2,21-13-14-22(19(3)15-21)35-18-23(31)28(5,6)7)24-16-20(4)26(36-24)27(33)30(8,9)17-25(32)34-10/h13-16H,11-12,17-18H2,1-10H3/q+1. The lowest BCUT2D eigenvalue weighted by atomic mass is 9.74. The van der Waals surface area contributed by atoms with E-state index in [0.29, 0.717) is 10.6 Å². The average molecular weight is 517 g/mol. The lowest BCUT2D eigenvalue weighted by Gasteiger charge is -2.32. The smallest absolute Gasteiger partial charge is 0.362 e. The van der Waals surface area contributed by atoms with E-state index in [9.17, 15) is 14.4 Å². The zero-order valence-electron chi connectivity index (χ0n) is 23.5. The fourth-order valence-electron chi connectivity index (χ4n) is 4.28. The lowest BCUT2D eigenvalue weighted by molar-refractivity contribution is -0.799. The Balaban J connectivity index is 2.43. The van der Waals surface area contributed by atoms with Gasteiger partial charge in [0.15, 0.2) is 12.3 Å². The first-order valence-corrected chi connectivity index (χ1v) is 13.3. The molecule has 1 amide bonds. The molecule has 0 aliphatic rings.